The van der Waals surface area contributed by atoms with Gasteiger partial charge >= 0.3 is 0 Å². The number of nitrogens with one attached hydrogen (secondary N) is 1. The topological polar surface area (TPSA) is 52.5 Å². The lowest BCUT2D eigenvalue weighted by Crippen LogP contribution is -2.47. The van der Waals surface area contributed by atoms with E-state index in [9.17, 15) is 10.2 Å². The second-order valence-electron chi connectivity index (χ2n) is 10.7. The Balaban J connectivity index is 1.74. The molecule has 0 saturated heterocycles. The standard InChI is InChI=1S/C26H43NO2/c1-18(2)6-5-7-19(3)23-12-13-24-25(27-21-8-10-22(29)11-9-21)16-20(14-15-28)17-26(23,24)4/h8-11,18-20,23-25,27-29H,5-7,12-17H2,1-4H3/t19-,20+,23-,24+,25+,26-/m1/s1. The minimum Gasteiger partial charge on any atom is -0.508 e. The van der Waals surface area contributed by atoms with E-state index in [1.807, 2.05) is 12.1 Å². The number of hydrogen-bond donors (Lipinski definition) is 3. The van der Waals surface area contributed by atoms with Crippen LogP contribution in [0, 0.1) is 35.0 Å². The van der Waals surface area contributed by atoms with Crippen LogP contribution in [-0.4, -0.2) is 22.9 Å². The molecule has 0 amide bonds. The van der Waals surface area contributed by atoms with Gasteiger partial charge in [0.15, 0.2) is 0 Å². The molecule has 0 heterocycles. The van der Waals surface area contributed by atoms with Crippen LogP contribution in [0.15, 0.2) is 24.3 Å². The molecule has 0 aliphatic heterocycles. The second kappa shape index (κ2) is 9.73. The molecular weight excluding hydrogens is 358 g/mol. The number of fused-ring (bicyclic) bond motifs is 1. The van der Waals surface area contributed by atoms with Crippen molar-refractivity contribution in [1.82, 2.24) is 0 Å². The van der Waals surface area contributed by atoms with Crippen molar-refractivity contribution in [2.24, 2.45) is 35.0 Å². The Hall–Kier alpha value is -1.22. The predicted octanol–water partition coefficient (Wildman–Crippen LogP) is 6.46. The van der Waals surface area contributed by atoms with Gasteiger partial charge in [-0.25, -0.2) is 0 Å². The van der Waals surface area contributed by atoms with Gasteiger partial charge in [-0.3, -0.25) is 0 Å². The molecule has 1 aromatic rings. The van der Waals surface area contributed by atoms with E-state index in [1.165, 1.54) is 38.5 Å². The van der Waals surface area contributed by atoms with E-state index in [2.05, 4.69) is 33.0 Å². The lowest BCUT2D eigenvalue weighted by Gasteiger charge is -2.50. The zero-order valence-corrected chi connectivity index (χ0v) is 19.0. The van der Waals surface area contributed by atoms with Crippen molar-refractivity contribution in [3.05, 3.63) is 24.3 Å². The van der Waals surface area contributed by atoms with Gasteiger partial charge in [0, 0.05) is 18.3 Å². The molecule has 0 unspecified atom stereocenters. The molecule has 2 aliphatic carbocycles. The van der Waals surface area contributed by atoms with Gasteiger partial charge in [0.25, 0.3) is 0 Å². The molecule has 2 saturated carbocycles. The van der Waals surface area contributed by atoms with Crippen LogP contribution in [0.3, 0.4) is 0 Å². The zero-order valence-electron chi connectivity index (χ0n) is 19.0. The molecule has 3 rings (SSSR count). The smallest absolute Gasteiger partial charge is 0.115 e. The minimum atomic E-state index is 0.298. The Morgan fingerprint density at radius 2 is 1.83 bits per heavy atom. The van der Waals surface area contributed by atoms with Gasteiger partial charge in [-0.05, 0) is 91.4 Å². The minimum absolute atomic E-state index is 0.298. The van der Waals surface area contributed by atoms with Crippen LogP contribution in [0.4, 0.5) is 5.69 Å². The molecule has 3 nitrogen and oxygen atoms in total. The van der Waals surface area contributed by atoms with Gasteiger partial charge in [-0.2, -0.15) is 0 Å². The maximum absolute atomic E-state index is 9.64. The highest BCUT2D eigenvalue weighted by molar-refractivity contribution is 5.47. The molecule has 6 atom stereocenters. The van der Waals surface area contributed by atoms with Crippen molar-refractivity contribution in [1.29, 1.82) is 0 Å². The Labute approximate surface area is 178 Å². The second-order valence-corrected chi connectivity index (χ2v) is 10.7. The van der Waals surface area contributed by atoms with E-state index in [0.717, 1.165) is 36.3 Å². The summed E-state index contributed by atoms with van der Waals surface area (Å²) < 4.78 is 0. The first-order valence-electron chi connectivity index (χ1n) is 12.0. The number of aromatic hydroxyl groups is 1. The molecule has 164 valence electrons. The van der Waals surface area contributed by atoms with E-state index >= 15 is 0 Å². The van der Waals surface area contributed by atoms with E-state index in [-0.39, 0.29) is 0 Å². The third-order valence-electron chi connectivity index (χ3n) is 8.17. The number of aliphatic hydroxyl groups excluding tert-OH is 1. The highest BCUT2D eigenvalue weighted by Gasteiger charge is 2.54. The highest BCUT2D eigenvalue weighted by Crippen LogP contribution is 2.60. The molecular formula is C26H43NO2. The first kappa shape index (κ1) is 22.5. The van der Waals surface area contributed by atoms with Gasteiger partial charge in [0.2, 0.25) is 0 Å². The fourth-order valence-electron chi connectivity index (χ4n) is 6.80. The van der Waals surface area contributed by atoms with Crippen molar-refractivity contribution in [3.8, 4) is 5.75 Å². The van der Waals surface area contributed by atoms with E-state index < -0.39 is 0 Å². The van der Waals surface area contributed by atoms with Crippen molar-refractivity contribution in [2.75, 3.05) is 11.9 Å². The summed E-state index contributed by atoms with van der Waals surface area (Å²) in [5.74, 6) is 3.99. The maximum atomic E-state index is 9.64. The molecule has 3 N–H and O–H groups in total. The quantitative estimate of drug-likeness (QED) is 0.416. The lowest BCUT2D eigenvalue weighted by molar-refractivity contribution is 0.0222. The van der Waals surface area contributed by atoms with Crippen molar-refractivity contribution < 1.29 is 10.2 Å². The summed E-state index contributed by atoms with van der Waals surface area (Å²) in [5.41, 5.74) is 1.47. The van der Waals surface area contributed by atoms with Crippen LogP contribution in [0.2, 0.25) is 0 Å². The summed E-state index contributed by atoms with van der Waals surface area (Å²) in [6.07, 6.45) is 10.1. The van der Waals surface area contributed by atoms with Crippen LogP contribution in [0.25, 0.3) is 0 Å². The molecule has 3 heteroatoms. The summed E-state index contributed by atoms with van der Waals surface area (Å²) in [6, 6.07) is 7.97. The number of rotatable bonds is 9. The first-order valence-corrected chi connectivity index (χ1v) is 12.0. The summed E-state index contributed by atoms with van der Waals surface area (Å²) in [6.45, 7) is 10.0. The fraction of sp³-hybridized carbons (Fsp3) is 0.769. The van der Waals surface area contributed by atoms with Gasteiger partial charge < -0.3 is 15.5 Å². The van der Waals surface area contributed by atoms with Crippen LogP contribution >= 0.6 is 0 Å². The normalized spacial score (nSPS) is 32.9. The summed E-state index contributed by atoms with van der Waals surface area (Å²) in [7, 11) is 0. The third-order valence-corrected chi connectivity index (χ3v) is 8.17. The van der Waals surface area contributed by atoms with Crippen molar-refractivity contribution in [3.63, 3.8) is 0 Å². The molecule has 2 aliphatic rings. The zero-order chi connectivity index (χ0) is 21.0. The molecule has 0 bridgehead atoms. The first-order chi connectivity index (χ1) is 13.8. The Morgan fingerprint density at radius 1 is 1.10 bits per heavy atom. The Bertz CT molecular complexity index is 628. The van der Waals surface area contributed by atoms with Gasteiger partial charge in [0.1, 0.15) is 5.75 Å². The van der Waals surface area contributed by atoms with Crippen molar-refractivity contribution in [2.45, 2.75) is 85.1 Å². The molecule has 2 fully saturated rings. The van der Waals surface area contributed by atoms with E-state index in [1.54, 1.807) is 12.1 Å². The summed E-state index contributed by atoms with van der Waals surface area (Å²) in [5, 5.41) is 23.1. The number of aliphatic hydroxyl groups is 1. The SMILES string of the molecule is CC(C)CCC[C@@H](C)[C@H]1CC[C@H]2[C@@H](Nc3ccc(O)cc3)C[C@H](CCO)C[C@]12C. The number of hydrogen-bond acceptors (Lipinski definition) is 3. The number of anilines is 1. The maximum Gasteiger partial charge on any atom is 0.115 e. The van der Waals surface area contributed by atoms with E-state index in [0.29, 0.717) is 35.6 Å². The van der Waals surface area contributed by atoms with Gasteiger partial charge in [-0.15, -0.1) is 0 Å². The summed E-state index contributed by atoms with van der Waals surface area (Å²) >= 11 is 0. The lowest BCUT2D eigenvalue weighted by atomic mass is 9.57. The number of phenolic OH excluding ortho intramolecular Hbond substituents is 1. The predicted molar refractivity (Wildman–Crippen MR) is 122 cm³/mol. The Morgan fingerprint density at radius 3 is 2.48 bits per heavy atom. The van der Waals surface area contributed by atoms with Crippen LogP contribution in [0.1, 0.15) is 79.1 Å². The van der Waals surface area contributed by atoms with E-state index in [4.69, 9.17) is 0 Å². The van der Waals surface area contributed by atoms with Crippen LogP contribution in [0.5, 0.6) is 5.75 Å². The highest BCUT2D eigenvalue weighted by atomic mass is 16.3. The monoisotopic (exact) mass is 401 g/mol. The third kappa shape index (κ3) is 5.29. The Kier molecular flexibility index (Phi) is 7.53. The number of benzene rings is 1. The van der Waals surface area contributed by atoms with Gasteiger partial charge in [0.05, 0.1) is 0 Å². The molecule has 1 aromatic carbocycles. The molecule has 0 spiro atoms. The summed E-state index contributed by atoms with van der Waals surface area (Å²) in [4.78, 5) is 0. The van der Waals surface area contributed by atoms with Crippen LogP contribution < -0.4 is 5.32 Å². The average Bonchev–Trinajstić information content (AvgIpc) is 3.00. The van der Waals surface area contributed by atoms with Crippen LogP contribution in [-0.2, 0) is 0 Å². The molecule has 0 aromatic heterocycles. The van der Waals surface area contributed by atoms with Gasteiger partial charge in [-0.1, -0.05) is 47.0 Å². The fourth-order valence-corrected chi connectivity index (χ4v) is 6.80. The molecule has 0 radical (unpaired) electrons. The average molecular weight is 402 g/mol. The molecule has 29 heavy (non-hydrogen) atoms. The van der Waals surface area contributed by atoms with Crippen molar-refractivity contribution >= 4 is 5.69 Å². The number of phenols is 1. The largest absolute Gasteiger partial charge is 0.508 e.